The molecular formula is C21H28N7O14P2-. The average molecular weight is 664 g/mol. The number of nitrogen functional groups attached to an aromatic ring is 1. The fourth-order valence-electron chi connectivity index (χ4n) is 4.63. The van der Waals surface area contributed by atoms with Crippen molar-refractivity contribution in [2.75, 3.05) is 18.9 Å². The molecule has 10 unspecified atom stereocenters. The van der Waals surface area contributed by atoms with E-state index in [9.17, 15) is 39.6 Å². The van der Waals surface area contributed by atoms with Gasteiger partial charge in [0, 0.05) is 18.0 Å². The van der Waals surface area contributed by atoms with E-state index < -0.39 is 84.6 Å². The van der Waals surface area contributed by atoms with Crippen molar-refractivity contribution in [3.63, 3.8) is 0 Å². The normalized spacial score (nSPS) is 32.6. The second-order valence-corrected chi connectivity index (χ2v) is 12.1. The highest BCUT2D eigenvalue weighted by Crippen LogP contribution is 2.51. The summed E-state index contributed by atoms with van der Waals surface area (Å²) in [5, 5.41) is 41.5. The smallest absolute Gasteiger partial charge is 0.295 e. The van der Waals surface area contributed by atoms with E-state index in [1.165, 1.54) is 34.5 Å². The largest absolute Gasteiger partial charge is 0.783 e. The Morgan fingerprint density at radius 3 is 2.66 bits per heavy atom. The van der Waals surface area contributed by atoms with Gasteiger partial charge in [-0.1, -0.05) is 16.0 Å². The lowest BCUT2D eigenvalue weighted by molar-refractivity contribution is -0.747. The molecule has 3 aliphatic rings. The van der Waals surface area contributed by atoms with Gasteiger partial charge in [-0.15, -0.1) is 0 Å². The molecule has 0 saturated carbocycles. The van der Waals surface area contributed by atoms with E-state index >= 15 is 0 Å². The van der Waals surface area contributed by atoms with Gasteiger partial charge in [-0.3, -0.25) is 13.7 Å². The summed E-state index contributed by atoms with van der Waals surface area (Å²) in [5.41, 5.74) is 11.9. The zero-order valence-corrected chi connectivity index (χ0v) is 24.1. The molecule has 0 bridgehead atoms. The predicted molar refractivity (Wildman–Crippen MR) is 137 cm³/mol. The number of primary amides is 1. The number of rotatable bonds is 12. The Morgan fingerprint density at radius 1 is 1.18 bits per heavy atom. The third-order valence-electron chi connectivity index (χ3n) is 6.83. The fraction of sp³-hybridized carbons (Fsp3) is 0.524. The maximum atomic E-state index is 12.2. The number of imidazole rings is 1. The maximum Gasteiger partial charge on any atom is 0.295 e. The van der Waals surface area contributed by atoms with Crippen LogP contribution in [0.2, 0.25) is 0 Å². The second kappa shape index (κ2) is 13.3. The first kappa shape index (κ1) is 32.7. The molecule has 2 aromatic rings. The SMILES string of the molecule is NC(=O)C1=CN(C2OC(COP(=O)([O-])OP([O-])OOCC3OC([n+]4cnc(N)c5[nH]cnc54)C(O)C3O)C(O)C2O)C=CC1. The Hall–Kier alpha value is -2.72. The first-order chi connectivity index (χ1) is 20.9. The van der Waals surface area contributed by atoms with Gasteiger partial charge in [0.25, 0.3) is 13.5 Å². The van der Waals surface area contributed by atoms with Crippen LogP contribution < -0.4 is 25.8 Å². The monoisotopic (exact) mass is 664 g/mol. The number of H-pyrrole nitrogens is 1. The lowest BCUT2D eigenvalue weighted by Crippen LogP contribution is -2.47. The van der Waals surface area contributed by atoms with Gasteiger partial charge in [-0.05, 0) is 6.42 Å². The number of aromatic amines is 1. The number of carbonyl (C=O) groups excluding carboxylic acids is 1. The minimum Gasteiger partial charge on any atom is -0.783 e. The number of amides is 1. The maximum absolute atomic E-state index is 12.2. The summed E-state index contributed by atoms with van der Waals surface area (Å²) in [6.45, 7) is -1.49. The Kier molecular flexibility index (Phi) is 9.90. The summed E-state index contributed by atoms with van der Waals surface area (Å²) in [5.74, 6) is -0.559. The van der Waals surface area contributed by atoms with Crippen LogP contribution in [0.1, 0.15) is 12.6 Å². The average Bonchev–Trinajstić information content (AvgIpc) is 3.66. The zero-order valence-electron chi connectivity index (χ0n) is 22.3. The zero-order chi connectivity index (χ0) is 31.8. The van der Waals surface area contributed by atoms with E-state index in [-0.39, 0.29) is 23.5 Å². The first-order valence-corrected chi connectivity index (χ1v) is 15.3. The van der Waals surface area contributed by atoms with Crippen LogP contribution in [0.3, 0.4) is 0 Å². The van der Waals surface area contributed by atoms with E-state index in [0.717, 1.165) is 0 Å². The summed E-state index contributed by atoms with van der Waals surface area (Å²) in [7, 11) is -8.85. The van der Waals surface area contributed by atoms with E-state index in [4.69, 9.17) is 25.8 Å². The van der Waals surface area contributed by atoms with Gasteiger partial charge < -0.3 is 65.6 Å². The molecule has 5 rings (SSSR count). The van der Waals surface area contributed by atoms with Crippen LogP contribution in [0.25, 0.3) is 11.2 Å². The molecule has 10 atom stereocenters. The highest BCUT2D eigenvalue weighted by Gasteiger charge is 2.47. The minimum atomic E-state index is -5.34. The topological polar surface area (TPSA) is 317 Å². The number of aromatic nitrogens is 4. The molecule has 3 aliphatic heterocycles. The van der Waals surface area contributed by atoms with Crippen molar-refractivity contribution >= 4 is 39.3 Å². The summed E-state index contributed by atoms with van der Waals surface area (Å²) in [6.07, 6.45) is -3.98. The van der Waals surface area contributed by atoms with Crippen LogP contribution >= 0.6 is 16.4 Å². The summed E-state index contributed by atoms with van der Waals surface area (Å²) in [4.78, 5) is 52.5. The van der Waals surface area contributed by atoms with Crippen molar-refractivity contribution in [1.82, 2.24) is 19.9 Å². The number of nitrogens with one attached hydrogen (secondary N) is 1. The lowest BCUT2D eigenvalue weighted by Gasteiger charge is -2.30. The third kappa shape index (κ3) is 6.91. The van der Waals surface area contributed by atoms with E-state index in [2.05, 4.69) is 28.5 Å². The highest BCUT2D eigenvalue weighted by molar-refractivity contribution is 7.56. The molecule has 0 radical (unpaired) electrons. The van der Waals surface area contributed by atoms with Crippen LogP contribution in [0.4, 0.5) is 5.82 Å². The van der Waals surface area contributed by atoms with Gasteiger partial charge in [-0.2, -0.15) is 0 Å². The van der Waals surface area contributed by atoms with E-state index in [0.29, 0.717) is 5.52 Å². The number of nitrogens with two attached hydrogens (primary N) is 2. The summed E-state index contributed by atoms with van der Waals surface area (Å²) in [6, 6.07) is 0. The molecule has 0 aromatic carbocycles. The summed E-state index contributed by atoms with van der Waals surface area (Å²) >= 11 is 0. The van der Waals surface area contributed by atoms with Crippen molar-refractivity contribution in [2.24, 2.45) is 5.73 Å². The van der Waals surface area contributed by atoms with Gasteiger partial charge in [0.1, 0.15) is 51.8 Å². The van der Waals surface area contributed by atoms with Gasteiger partial charge in [0.15, 0.2) is 18.1 Å². The van der Waals surface area contributed by atoms with Crippen molar-refractivity contribution in [2.45, 2.75) is 55.5 Å². The molecule has 1 amide bonds. The second-order valence-electron chi connectivity index (χ2n) is 9.69. The first-order valence-electron chi connectivity index (χ1n) is 12.7. The number of aliphatic hydroxyl groups is 4. The van der Waals surface area contributed by atoms with Crippen LogP contribution in [-0.2, 0) is 37.2 Å². The fourth-order valence-corrected chi connectivity index (χ4v) is 6.06. The number of allylic oxidation sites excluding steroid dienone is 1. The Labute approximate surface area is 248 Å². The van der Waals surface area contributed by atoms with Crippen LogP contribution in [0, 0.1) is 0 Å². The van der Waals surface area contributed by atoms with Gasteiger partial charge in [0.05, 0.1) is 6.61 Å². The predicted octanol–water partition coefficient (Wildman–Crippen LogP) is -4.48. The Bertz CT molecular complexity index is 1460. The Morgan fingerprint density at radius 2 is 1.91 bits per heavy atom. The number of ether oxygens (including phenoxy) is 2. The number of anilines is 1. The van der Waals surface area contributed by atoms with Gasteiger partial charge in [-0.25, -0.2) is 14.1 Å². The number of nitrogens with zero attached hydrogens (tertiary/aromatic N) is 4. The quantitative estimate of drug-likeness (QED) is 0.0486. The van der Waals surface area contributed by atoms with Crippen molar-refractivity contribution in [1.29, 1.82) is 0 Å². The molecule has 44 heavy (non-hydrogen) atoms. The minimum absolute atomic E-state index is 0.139. The number of hydrogen-bond donors (Lipinski definition) is 7. The van der Waals surface area contributed by atoms with Crippen LogP contribution in [-0.4, -0.2) is 102 Å². The molecule has 0 spiro atoms. The van der Waals surface area contributed by atoms with E-state index in [1.54, 1.807) is 6.08 Å². The van der Waals surface area contributed by atoms with Crippen molar-refractivity contribution < 1.29 is 72.0 Å². The Balaban J connectivity index is 1.08. The van der Waals surface area contributed by atoms with E-state index in [1.807, 2.05) is 0 Å². The van der Waals surface area contributed by atoms with Crippen molar-refractivity contribution in [3.05, 3.63) is 36.7 Å². The lowest BCUT2D eigenvalue weighted by atomic mass is 10.1. The molecule has 2 fully saturated rings. The molecule has 2 aromatic heterocycles. The number of phosphoric ester groups is 1. The molecule has 21 nitrogen and oxygen atoms in total. The third-order valence-corrected chi connectivity index (χ3v) is 8.86. The number of hydrogen-bond acceptors (Lipinski definition) is 18. The van der Waals surface area contributed by atoms with Crippen molar-refractivity contribution in [3.8, 4) is 0 Å². The molecular weight excluding hydrogens is 636 g/mol. The number of aliphatic hydroxyl groups excluding tert-OH is 4. The molecule has 0 aliphatic carbocycles. The van der Waals surface area contributed by atoms with Gasteiger partial charge >= 0.3 is 0 Å². The number of fused-ring (bicyclic) bond motifs is 1. The number of carbonyl (C=O) groups is 1. The van der Waals surface area contributed by atoms with Crippen LogP contribution in [0.15, 0.2) is 36.7 Å². The molecule has 23 heteroatoms. The van der Waals surface area contributed by atoms with Crippen LogP contribution in [0.5, 0.6) is 0 Å². The highest BCUT2D eigenvalue weighted by atomic mass is 31.3. The summed E-state index contributed by atoms with van der Waals surface area (Å²) < 4.78 is 37.9. The standard InChI is InChI=1S/C21H28N7O14P2/c22-17-12-19(25-7-24-12)28(8-26-17)21-16(32)13(29)10(40-21)5-37-41-43(34)42-44(35,36)38-6-11-14(30)15(31)20(39-11)27-3-1-2-9(4-27)18(23)33/h1,3-4,7-8,10-11,13-16,20-21,29-32H,2,5-6H2,(H5,22,23,24,25,33,35,36)/q-1. The number of phosphoric acid groups is 1. The molecule has 9 N–H and O–H groups in total. The van der Waals surface area contributed by atoms with Gasteiger partial charge in [0.2, 0.25) is 24.3 Å². The molecule has 2 saturated heterocycles. The molecule has 5 heterocycles. The molecule has 242 valence electrons.